The summed E-state index contributed by atoms with van der Waals surface area (Å²) in [5, 5.41) is 2.93. The van der Waals surface area contributed by atoms with Crippen LogP contribution in [0.3, 0.4) is 0 Å². The average Bonchev–Trinajstić information content (AvgIpc) is 2.46. The summed E-state index contributed by atoms with van der Waals surface area (Å²) >= 11 is 0. The van der Waals surface area contributed by atoms with Crippen molar-refractivity contribution in [2.45, 2.75) is 25.9 Å². The van der Waals surface area contributed by atoms with Gasteiger partial charge in [0.2, 0.25) is 5.91 Å². The van der Waals surface area contributed by atoms with Gasteiger partial charge >= 0.3 is 0 Å². The summed E-state index contributed by atoms with van der Waals surface area (Å²) < 4.78 is 5.25. The number of ether oxygens (including phenoxy) is 1. The number of nitrogens with zero attached hydrogens (tertiary/aromatic N) is 1. The largest absolute Gasteiger partial charge is 0.497 e. The number of carbonyl (C=O) groups is 1. The van der Waals surface area contributed by atoms with Gasteiger partial charge in [0, 0.05) is 6.54 Å². The van der Waals surface area contributed by atoms with E-state index < -0.39 is 6.04 Å². The molecule has 0 aliphatic heterocycles. The SMILES string of the molecule is COc1cccc(C(CNC(=O)[C@@H](N)C(C)C)N(C)C)c1.Cl. The van der Waals surface area contributed by atoms with Crippen molar-refractivity contribution in [2.24, 2.45) is 11.7 Å². The highest BCUT2D eigenvalue weighted by molar-refractivity contribution is 5.85. The summed E-state index contributed by atoms with van der Waals surface area (Å²) in [6, 6.07) is 7.47. The second-order valence-electron chi connectivity index (χ2n) is 5.77. The Balaban J connectivity index is 0.00000441. The number of benzene rings is 1. The van der Waals surface area contributed by atoms with Crippen LogP contribution in [0.2, 0.25) is 0 Å². The van der Waals surface area contributed by atoms with E-state index in [2.05, 4.69) is 10.2 Å². The van der Waals surface area contributed by atoms with E-state index in [0.717, 1.165) is 11.3 Å². The first-order chi connectivity index (χ1) is 9.86. The van der Waals surface area contributed by atoms with Gasteiger partial charge in [0.15, 0.2) is 0 Å². The monoisotopic (exact) mass is 329 g/mol. The molecule has 0 aromatic heterocycles. The number of rotatable bonds is 7. The maximum atomic E-state index is 12.0. The molecular weight excluding hydrogens is 302 g/mol. The van der Waals surface area contributed by atoms with Gasteiger partial charge in [0.05, 0.1) is 19.2 Å². The van der Waals surface area contributed by atoms with E-state index in [4.69, 9.17) is 10.5 Å². The van der Waals surface area contributed by atoms with Gasteiger partial charge in [0.1, 0.15) is 5.75 Å². The molecule has 2 atom stereocenters. The van der Waals surface area contributed by atoms with Gasteiger partial charge in [-0.1, -0.05) is 26.0 Å². The van der Waals surface area contributed by atoms with Gasteiger partial charge in [-0.05, 0) is 37.7 Å². The van der Waals surface area contributed by atoms with Crippen LogP contribution in [0.25, 0.3) is 0 Å². The lowest BCUT2D eigenvalue weighted by molar-refractivity contribution is -0.123. The third-order valence-corrected chi connectivity index (χ3v) is 3.59. The molecule has 0 heterocycles. The van der Waals surface area contributed by atoms with Crippen LogP contribution < -0.4 is 15.8 Å². The Labute approximate surface area is 139 Å². The van der Waals surface area contributed by atoms with Crippen molar-refractivity contribution in [3.8, 4) is 5.75 Å². The first-order valence-electron chi connectivity index (χ1n) is 7.20. The summed E-state index contributed by atoms with van der Waals surface area (Å²) in [4.78, 5) is 14.1. The molecule has 0 fully saturated rings. The maximum Gasteiger partial charge on any atom is 0.237 e. The molecule has 3 N–H and O–H groups in total. The normalized spacial score (nSPS) is 13.5. The Hall–Kier alpha value is -1.30. The lowest BCUT2D eigenvalue weighted by Crippen LogP contribution is -2.46. The van der Waals surface area contributed by atoms with Crippen molar-refractivity contribution in [1.29, 1.82) is 0 Å². The first kappa shape index (κ1) is 20.7. The molecule has 0 saturated heterocycles. The molecule has 5 nitrogen and oxygen atoms in total. The maximum absolute atomic E-state index is 12.0. The number of hydrogen-bond acceptors (Lipinski definition) is 4. The zero-order valence-electron chi connectivity index (χ0n) is 14.0. The van der Waals surface area contributed by atoms with Gasteiger partial charge in [-0.2, -0.15) is 0 Å². The average molecular weight is 330 g/mol. The fraction of sp³-hybridized carbons (Fsp3) is 0.562. The van der Waals surface area contributed by atoms with Crippen LogP contribution in [0, 0.1) is 5.92 Å². The minimum Gasteiger partial charge on any atom is -0.497 e. The van der Waals surface area contributed by atoms with Gasteiger partial charge < -0.3 is 20.7 Å². The van der Waals surface area contributed by atoms with E-state index in [1.165, 1.54) is 0 Å². The smallest absolute Gasteiger partial charge is 0.237 e. The van der Waals surface area contributed by atoms with Crippen molar-refractivity contribution >= 4 is 18.3 Å². The Morgan fingerprint density at radius 3 is 2.50 bits per heavy atom. The Morgan fingerprint density at radius 2 is 2.00 bits per heavy atom. The quantitative estimate of drug-likeness (QED) is 0.800. The molecule has 0 aliphatic carbocycles. The molecule has 0 radical (unpaired) electrons. The van der Waals surface area contributed by atoms with Crippen LogP contribution in [-0.4, -0.2) is 44.6 Å². The van der Waals surface area contributed by atoms with Crippen LogP contribution in [-0.2, 0) is 4.79 Å². The lowest BCUT2D eigenvalue weighted by atomic mass is 10.0. The van der Waals surface area contributed by atoms with Crippen LogP contribution >= 0.6 is 12.4 Å². The Kier molecular flexibility index (Phi) is 9.09. The third kappa shape index (κ3) is 5.83. The van der Waals surface area contributed by atoms with Crippen LogP contribution in [0.5, 0.6) is 5.75 Å². The number of carbonyl (C=O) groups excluding carboxylic acids is 1. The molecule has 1 aromatic carbocycles. The molecule has 0 spiro atoms. The number of nitrogens with one attached hydrogen (secondary N) is 1. The van der Waals surface area contributed by atoms with Crippen molar-refractivity contribution < 1.29 is 9.53 Å². The summed E-state index contributed by atoms with van der Waals surface area (Å²) in [6.07, 6.45) is 0. The molecule has 6 heteroatoms. The molecular formula is C16H28ClN3O2. The second kappa shape index (κ2) is 9.66. The number of likely N-dealkylation sites (N-methyl/N-ethyl adjacent to an activating group) is 1. The fourth-order valence-corrected chi connectivity index (χ4v) is 2.07. The highest BCUT2D eigenvalue weighted by Crippen LogP contribution is 2.22. The molecule has 126 valence electrons. The highest BCUT2D eigenvalue weighted by Gasteiger charge is 2.20. The fourth-order valence-electron chi connectivity index (χ4n) is 2.07. The van der Waals surface area contributed by atoms with Crippen molar-refractivity contribution in [2.75, 3.05) is 27.7 Å². The highest BCUT2D eigenvalue weighted by atomic mass is 35.5. The zero-order chi connectivity index (χ0) is 16.0. The predicted octanol–water partition coefficient (Wildman–Crippen LogP) is 1.82. The van der Waals surface area contributed by atoms with Gasteiger partial charge in [0.25, 0.3) is 0 Å². The molecule has 1 amide bonds. The van der Waals surface area contributed by atoms with E-state index >= 15 is 0 Å². The Bertz CT molecular complexity index is 466. The van der Waals surface area contributed by atoms with E-state index in [9.17, 15) is 4.79 Å². The summed E-state index contributed by atoms with van der Waals surface area (Å²) in [6.45, 7) is 4.39. The summed E-state index contributed by atoms with van der Waals surface area (Å²) in [7, 11) is 5.62. The number of nitrogens with two attached hydrogens (primary N) is 1. The van der Waals surface area contributed by atoms with Gasteiger partial charge in [-0.15, -0.1) is 12.4 Å². The number of amides is 1. The minimum absolute atomic E-state index is 0. The second-order valence-corrected chi connectivity index (χ2v) is 5.77. The van der Waals surface area contributed by atoms with E-state index in [-0.39, 0.29) is 30.3 Å². The molecule has 0 aliphatic rings. The zero-order valence-corrected chi connectivity index (χ0v) is 14.8. The molecule has 0 saturated carbocycles. The van der Waals surface area contributed by atoms with Crippen molar-refractivity contribution in [1.82, 2.24) is 10.2 Å². The van der Waals surface area contributed by atoms with E-state index in [1.807, 2.05) is 52.2 Å². The van der Waals surface area contributed by atoms with Crippen molar-refractivity contribution in [3.05, 3.63) is 29.8 Å². The van der Waals surface area contributed by atoms with Gasteiger partial charge in [-0.25, -0.2) is 0 Å². The number of methoxy groups -OCH3 is 1. The van der Waals surface area contributed by atoms with Crippen molar-refractivity contribution in [3.63, 3.8) is 0 Å². The third-order valence-electron chi connectivity index (χ3n) is 3.59. The summed E-state index contributed by atoms with van der Waals surface area (Å²) in [5.41, 5.74) is 6.96. The molecule has 1 rings (SSSR count). The van der Waals surface area contributed by atoms with E-state index in [1.54, 1.807) is 7.11 Å². The number of hydrogen-bond donors (Lipinski definition) is 2. The molecule has 0 bridgehead atoms. The van der Waals surface area contributed by atoms with E-state index in [0.29, 0.717) is 6.54 Å². The van der Waals surface area contributed by atoms with Crippen LogP contribution in [0.4, 0.5) is 0 Å². The molecule has 1 aromatic rings. The number of halogens is 1. The Morgan fingerprint density at radius 1 is 1.36 bits per heavy atom. The minimum atomic E-state index is -0.474. The lowest BCUT2D eigenvalue weighted by Gasteiger charge is -2.26. The standard InChI is InChI=1S/C16H27N3O2.ClH/c1-11(2)15(17)16(20)18-10-14(19(3)4)12-7-6-8-13(9-12)21-5;/h6-9,11,14-15H,10,17H2,1-5H3,(H,18,20);1H/t14?,15-;/m0./s1. The van der Waals surface area contributed by atoms with Crippen LogP contribution in [0.1, 0.15) is 25.5 Å². The predicted molar refractivity (Wildman–Crippen MR) is 92.5 cm³/mol. The first-order valence-corrected chi connectivity index (χ1v) is 7.20. The summed E-state index contributed by atoms with van der Waals surface area (Å²) in [5.74, 6) is 0.823. The van der Waals surface area contributed by atoms with Crippen LogP contribution in [0.15, 0.2) is 24.3 Å². The van der Waals surface area contributed by atoms with Gasteiger partial charge in [-0.3, -0.25) is 4.79 Å². The molecule has 22 heavy (non-hydrogen) atoms. The molecule has 1 unspecified atom stereocenters. The topological polar surface area (TPSA) is 67.6 Å².